The van der Waals surface area contributed by atoms with Gasteiger partial charge in [-0.15, -0.1) is 0 Å². The first-order chi connectivity index (χ1) is 23.9. The fourth-order valence-corrected chi connectivity index (χ4v) is 26.1. The van der Waals surface area contributed by atoms with Crippen molar-refractivity contribution in [2.24, 2.45) is 5.41 Å². The van der Waals surface area contributed by atoms with Crippen molar-refractivity contribution in [2.75, 3.05) is 0 Å². The van der Waals surface area contributed by atoms with Crippen molar-refractivity contribution in [1.29, 1.82) is 0 Å². The molecular weight excluding hydrogens is 755 g/mol. The normalized spacial score (nSPS) is 21.6. The van der Waals surface area contributed by atoms with Crippen LogP contribution in [0.3, 0.4) is 0 Å². The molecule has 2 aliphatic carbocycles. The van der Waals surface area contributed by atoms with Crippen LogP contribution in [0.15, 0.2) is 158 Å². The maximum absolute atomic E-state index is 3.43. The van der Waals surface area contributed by atoms with Crippen LogP contribution in [0.5, 0.6) is 0 Å². The van der Waals surface area contributed by atoms with Crippen molar-refractivity contribution in [2.45, 2.75) is 37.0 Å². The van der Waals surface area contributed by atoms with Gasteiger partial charge in [-0.3, -0.25) is 0 Å². The van der Waals surface area contributed by atoms with E-state index in [9.17, 15) is 0 Å². The molecule has 0 fully saturated rings. The van der Waals surface area contributed by atoms with Crippen LogP contribution in [0.1, 0.15) is 61.0 Å². The molecule has 1 heteroatoms. The molecule has 49 heavy (non-hydrogen) atoms. The molecule has 1 heterocycles. The van der Waals surface area contributed by atoms with E-state index >= 15 is 0 Å². The van der Waals surface area contributed by atoms with E-state index in [1.165, 1.54) is 44.5 Å². The van der Waals surface area contributed by atoms with Gasteiger partial charge in [-0.2, -0.15) is 0 Å². The van der Waals surface area contributed by atoms with Crippen molar-refractivity contribution >= 4 is 22.3 Å². The van der Waals surface area contributed by atoms with E-state index < -0.39 is 20.0 Å². The van der Waals surface area contributed by atoms with Gasteiger partial charge in [-0.25, -0.2) is 0 Å². The van der Waals surface area contributed by atoms with Crippen LogP contribution in [0, 0.1) is 5.41 Å². The van der Waals surface area contributed by atoms with Crippen molar-refractivity contribution in [3.63, 3.8) is 0 Å². The summed E-state index contributed by atoms with van der Waals surface area (Å²) < 4.78 is 6.46. The molecule has 4 bridgehead atoms. The Hall–Kier alpha value is -4.33. The van der Waals surface area contributed by atoms with Gasteiger partial charge in [0.05, 0.1) is 0 Å². The molecule has 0 amide bonds. The summed E-state index contributed by atoms with van der Waals surface area (Å²) in [5, 5.41) is 0. The van der Waals surface area contributed by atoms with E-state index in [0.29, 0.717) is 7.35 Å². The predicted octanol–water partition coefficient (Wildman–Crippen LogP) is 13.3. The van der Waals surface area contributed by atoms with Gasteiger partial charge >= 0.3 is 298 Å². The molecule has 0 saturated carbocycles. The van der Waals surface area contributed by atoms with Gasteiger partial charge in [0, 0.05) is 0 Å². The number of fused-ring (bicyclic) bond motifs is 8. The first-order valence-electron chi connectivity index (χ1n) is 17.9. The maximum atomic E-state index is 2.77. The topological polar surface area (TPSA) is 0 Å². The molecule has 6 aromatic carbocycles. The number of hydrogen-bond acceptors (Lipinski definition) is 0. The first kappa shape index (κ1) is 30.7. The second-order valence-corrected chi connectivity index (χ2v) is 32.2. The van der Waals surface area contributed by atoms with Crippen LogP contribution in [-0.2, 0) is 20.0 Å². The molecule has 0 N–H and O–H groups in total. The molecular formula is C48H42Hf. The van der Waals surface area contributed by atoms with E-state index in [2.05, 4.69) is 181 Å². The summed E-state index contributed by atoms with van der Waals surface area (Å²) in [6.07, 6.45) is 1.04. The zero-order chi connectivity index (χ0) is 33.3. The number of rotatable bonds is 5. The quantitative estimate of drug-likeness (QED) is 0.152. The first-order valence-corrected chi connectivity index (χ1v) is 29.2. The van der Waals surface area contributed by atoms with E-state index in [4.69, 9.17) is 0 Å². The third kappa shape index (κ3) is 4.58. The fourth-order valence-electron chi connectivity index (χ4n) is 9.79. The Morgan fingerprint density at radius 1 is 0.429 bits per heavy atom. The molecule has 0 saturated heterocycles. The van der Waals surface area contributed by atoms with Gasteiger partial charge in [0.15, 0.2) is 0 Å². The van der Waals surface area contributed by atoms with Crippen LogP contribution in [-0.4, -0.2) is 0 Å². The molecule has 1 aliphatic heterocycles. The Bertz CT molecular complexity index is 2110. The third-order valence-electron chi connectivity index (χ3n) is 12.1. The summed E-state index contributed by atoms with van der Waals surface area (Å²) >= 11 is -3.43. The Labute approximate surface area is 296 Å². The van der Waals surface area contributed by atoms with E-state index in [0.717, 1.165) is 6.42 Å². The summed E-state index contributed by atoms with van der Waals surface area (Å²) in [6, 6.07) is 59.8. The van der Waals surface area contributed by atoms with Gasteiger partial charge in [-0.05, 0) is 0 Å². The van der Waals surface area contributed by atoms with Crippen molar-refractivity contribution < 1.29 is 20.0 Å². The monoisotopic (exact) mass is 798 g/mol. The third-order valence-corrected chi connectivity index (χ3v) is 27.1. The van der Waals surface area contributed by atoms with Gasteiger partial charge in [0.25, 0.3) is 0 Å². The van der Waals surface area contributed by atoms with E-state index in [-0.39, 0.29) is 5.41 Å². The Morgan fingerprint density at radius 2 is 0.755 bits per heavy atom. The Balaban J connectivity index is 1.32. The Morgan fingerprint density at radius 3 is 1.14 bits per heavy atom. The molecule has 0 nitrogen and oxygen atoms in total. The zero-order valence-electron chi connectivity index (χ0n) is 28.9. The summed E-state index contributed by atoms with van der Waals surface area (Å²) in [4.78, 5) is 0. The standard InChI is InChI=1S/C46H36.2CH3.Hf/c1-3-46(2,44-40-20-12-10-18-38(40)30-42(44)36-26-22-34(23-27-36)32-14-6-4-7-15-32)45-41-21-13-11-19-39(41)31-43(45)37-28-24-35(25-29-37)33-16-8-5-9-17-33;;;/h4-31H,3H2,1-2H3;2*1H3;. The minimum atomic E-state index is -3.43. The van der Waals surface area contributed by atoms with Gasteiger partial charge in [0.1, 0.15) is 0 Å². The summed E-state index contributed by atoms with van der Waals surface area (Å²) in [7, 11) is 0. The molecule has 9 rings (SSSR count). The molecule has 0 spiro atoms. The van der Waals surface area contributed by atoms with Crippen LogP contribution in [0.2, 0.25) is 9.36 Å². The predicted molar refractivity (Wildman–Crippen MR) is 206 cm³/mol. The molecule has 0 aromatic heterocycles. The van der Waals surface area contributed by atoms with Crippen LogP contribution in [0.4, 0.5) is 0 Å². The van der Waals surface area contributed by atoms with Gasteiger partial charge in [-0.1, -0.05) is 0 Å². The second kappa shape index (κ2) is 11.6. The van der Waals surface area contributed by atoms with Crippen LogP contribution >= 0.6 is 0 Å². The molecule has 2 unspecified atom stereocenters. The minimum absolute atomic E-state index is 0.166. The van der Waals surface area contributed by atoms with E-state index in [1.54, 1.807) is 33.4 Å². The number of benzene rings is 6. The van der Waals surface area contributed by atoms with Crippen LogP contribution in [0.25, 0.3) is 44.5 Å². The summed E-state index contributed by atoms with van der Waals surface area (Å²) in [6.45, 7) is 5.00. The fraction of sp³-hybridized carbons (Fsp3) is 0.167. The average molecular weight is 797 g/mol. The zero-order valence-corrected chi connectivity index (χ0v) is 32.5. The molecule has 0 radical (unpaired) electrons. The van der Waals surface area contributed by atoms with Gasteiger partial charge < -0.3 is 0 Å². The number of allylic oxidation sites excluding steroid dienone is 4. The molecule has 3 aliphatic rings. The van der Waals surface area contributed by atoms with Crippen molar-refractivity contribution in [3.8, 4) is 22.3 Å². The summed E-state index contributed by atoms with van der Waals surface area (Å²) in [5.74, 6) is 0. The van der Waals surface area contributed by atoms with Gasteiger partial charge in [0.2, 0.25) is 0 Å². The van der Waals surface area contributed by atoms with Crippen molar-refractivity contribution in [3.05, 3.63) is 191 Å². The second-order valence-electron chi connectivity index (χ2n) is 15.0. The number of hydrogen-bond donors (Lipinski definition) is 0. The molecule has 6 aromatic rings. The average Bonchev–Trinajstić information content (AvgIpc) is 3.72. The Kier molecular flexibility index (Phi) is 7.29. The summed E-state index contributed by atoms with van der Waals surface area (Å²) in [5.41, 5.74) is 20.3. The van der Waals surface area contributed by atoms with Crippen LogP contribution < -0.4 is 0 Å². The SMILES string of the molecule is CCC1(C)C2=C(c3ccc(-c4ccccc4)cc3)[CH](c3ccccc32)[Hf]([CH3])([CH3])[CH]2C(c3ccc(-c4ccccc4)cc3)=C1c1ccccc12. The van der Waals surface area contributed by atoms with E-state index in [1.807, 2.05) is 0 Å². The molecule has 238 valence electrons. The van der Waals surface area contributed by atoms with Crippen molar-refractivity contribution in [1.82, 2.24) is 0 Å². The molecule has 2 atom stereocenters.